The molecule has 1 heterocycles. The Kier molecular flexibility index (Phi) is 8.50. The quantitative estimate of drug-likeness (QED) is 0.692. The Morgan fingerprint density at radius 3 is 2.61 bits per heavy atom. The number of nitrogens with zero attached hydrogens (tertiary/aromatic N) is 2. The van der Waals surface area contributed by atoms with E-state index in [9.17, 15) is 13.2 Å². The largest absolute Gasteiger partial charge is 0.356 e. The van der Waals surface area contributed by atoms with Crippen LogP contribution in [-0.4, -0.2) is 56.7 Å². The van der Waals surface area contributed by atoms with E-state index < -0.39 is 10.2 Å². The molecule has 1 aliphatic heterocycles. The molecule has 1 rings (SSSR count). The van der Waals surface area contributed by atoms with E-state index in [0.717, 1.165) is 25.7 Å². The number of hydrogen-bond acceptors (Lipinski definition) is 3. The van der Waals surface area contributed by atoms with E-state index in [-0.39, 0.29) is 18.4 Å². The average molecular weight is 348 g/mol. The molecule has 1 fully saturated rings. The summed E-state index contributed by atoms with van der Waals surface area (Å²) >= 11 is 0. The van der Waals surface area contributed by atoms with E-state index in [1.54, 1.807) is 0 Å². The Morgan fingerprint density at radius 2 is 2.04 bits per heavy atom. The van der Waals surface area contributed by atoms with Gasteiger partial charge in [-0.25, -0.2) is 0 Å². The molecule has 0 aliphatic carbocycles. The van der Waals surface area contributed by atoms with Crippen molar-refractivity contribution in [3.63, 3.8) is 0 Å². The highest BCUT2D eigenvalue weighted by atomic mass is 32.2. The van der Waals surface area contributed by atoms with Crippen molar-refractivity contribution in [2.24, 2.45) is 11.8 Å². The van der Waals surface area contributed by atoms with Crippen molar-refractivity contribution < 1.29 is 13.2 Å². The Balaban J connectivity index is 2.53. The number of amides is 1. The maximum Gasteiger partial charge on any atom is 0.281 e. The maximum atomic E-state index is 12.4. The van der Waals surface area contributed by atoms with Crippen molar-refractivity contribution in [2.45, 2.75) is 52.4 Å². The van der Waals surface area contributed by atoms with Crippen molar-refractivity contribution in [2.75, 3.05) is 33.7 Å². The Labute approximate surface area is 141 Å². The molecule has 0 spiro atoms. The molecule has 6 nitrogen and oxygen atoms in total. The lowest BCUT2D eigenvalue weighted by Gasteiger charge is -2.33. The third kappa shape index (κ3) is 6.04. The van der Waals surface area contributed by atoms with Crippen LogP contribution in [0.25, 0.3) is 0 Å². The summed E-state index contributed by atoms with van der Waals surface area (Å²) < 4.78 is 27.0. The predicted molar refractivity (Wildman–Crippen MR) is 93.2 cm³/mol. The summed E-state index contributed by atoms with van der Waals surface area (Å²) in [7, 11) is -0.375. The summed E-state index contributed by atoms with van der Waals surface area (Å²) in [4.78, 5) is 12.4. The van der Waals surface area contributed by atoms with Crippen molar-refractivity contribution in [3.8, 4) is 0 Å². The molecule has 7 heteroatoms. The smallest absolute Gasteiger partial charge is 0.281 e. The zero-order valence-electron chi connectivity index (χ0n) is 15.0. The van der Waals surface area contributed by atoms with Gasteiger partial charge in [0.15, 0.2) is 0 Å². The van der Waals surface area contributed by atoms with Gasteiger partial charge in [-0.2, -0.15) is 17.0 Å². The number of piperidine rings is 1. The minimum atomic E-state index is -3.43. The van der Waals surface area contributed by atoms with E-state index >= 15 is 0 Å². The Hall–Kier alpha value is -0.660. The molecule has 1 amide bonds. The highest BCUT2D eigenvalue weighted by molar-refractivity contribution is 7.86. The second kappa shape index (κ2) is 9.59. The third-order valence-corrected chi connectivity index (χ3v) is 6.56. The van der Waals surface area contributed by atoms with Gasteiger partial charge in [0.2, 0.25) is 5.91 Å². The molecule has 0 aromatic heterocycles. The minimum Gasteiger partial charge on any atom is -0.356 e. The number of carbonyl (C=O) groups excluding carboxylic acids is 1. The highest BCUT2D eigenvalue weighted by Crippen LogP contribution is 2.20. The zero-order chi connectivity index (χ0) is 17.5. The van der Waals surface area contributed by atoms with Crippen molar-refractivity contribution in [1.82, 2.24) is 13.9 Å². The molecule has 0 aromatic rings. The maximum absolute atomic E-state index is 12.4. The summed E-state index contributed by atoms with van der Waals surface area (Å²) in [6.07, 6.45) is 6.05. The van der Waals surface area contributed by atoms with Crippen LogP contribution in [0.4, 0.5) is 0 Å². The standard InChI is InChI=1S/C16H33N3O3S/c1-5-7-9-14(6-2)12-17-16(20)15-10-8-11-19(13-15)23(21,22)18(3)4/h14-15H,5-13H2,1-4H3,(H,17,20)/t14-,15-/m1/s1. The number of carbonyl (C=O) groups is 1. The van der Waals surface area contributed by atoms with Crippen molar-refractivity contribution in [3.05, 3.63) is 0 Å². The normalized spacial score (nSPS) is 21.3. The number of nitrogens with one attached hydrogen (secondary N) is 1. The van der Waals surface area contributed by atoms with Crippen LogP contribution < -0.4 is 5.32 Å². The van der Waals surface area contributed by atoms with Crippen molar-refractivity contribution >= 4 is 16.1 Å². The van der Waals surface area contributed by atoms with E-state index in [1.807, 2.05) is 0 Å². The van der Waals surface area contributed by atoms with Crippen LogP contribution in [0, 0.1) is 11.8 Å². The first-order chi connectivity index (χ1) is 10.8. The lowest BCUT2D eigenvalue weighted by Crippen LogP contribution is -2.49. The average Bonchev–Trinajstić information content (AvgIpc) is 2.54. The first-order valence-corrected chi connectivity index (χ1v) is 10.2. The summed E-state index contributed by atoms with van der Waals surface area (Å²) in [5, 5.41) is 3.04. The number of unbranched alkanes of at least 4 members (excludes halogenated alkanes) is 1. The van der Waals surface area contributed by atoms with Crippen LogP contribution in [0.3, 0.4) is 0 Å². The van der Waals surface area contributed by atoms with Gasteiger partial charge in [0, 0.05) is 33.7 Å². The van der Waals surface area contributed by atoms with Crippen LogP contribution >= 0.6 is 0 Å². The fraction of sp³-hybridized carbons (Fsp3) is 0.938. The molecule has 1 aliphatic rings. The van der Waals surface area contributed by atoms with E-state index in [2.05, 4.69) is 19.2 Å². The molecule has 0 radical (unpaired) electrons. The lowest BCUT2D eigenvalue weighted by molar-refractivity contribution is -0.126. The van der Waals surface area contributed by atoms with Crippen molar-refractivity contribution in [1.29, 1.82) is 0 Å². The summed E-state index contributed by atoms with van der Waals surface area (Å²) in [5.74, 6) is 0.282. The molecule has 136 valence electrons. The minimum absolute atomic E-state index is 0.00129. The fourth-order valence-corrected chi connectivity index (χ4v) is 4.12. The summed E-state index contributed by atoms with van der Waals surface area (Å²) in [6.45, 7) is 5.81. The molecular formula is C16H33N3O3S. The second-order valence-electron chi connectivity index (χ2n) is 6.65. The van der Waals surface area contributed by atoms with Crippen LogP contribution in [-0.2, 0) is 15.0 Å². The predicted octanol–water partition coefficient (Wildman–Crippen LogP) is 1.84. The van der Waals surface area contributed by atoms with Gasteiger partial charge >= 0.3 is 0 Å². The molecule has 23 heavy (non-hydrogen) atoms. The zero-order valence-corrected chi connectivity index (χ0v) is 15.9. The van der Waals surface area contributed by atoms with Crippen LogP contribution in [0.2, 0.25) is 0 Å². The molecule has 0 bridgehead atoms. The molecule has 0 unspecified atom stereocenters. The summed E-state index contributed by atoms with van der Waals surface area (Å²) in [5.41, 5.74) is 0. The fourth-order valence-electron chi connectivity index (χ4n) is 2.93. The van der Waals surface area contributed by atoms with Gasteiger partial charge in [-0.15, -0.1) is 0 Å². The Bertz CT molecular complexity index is 465. The monoisotopic (exact) mass is 347 g/mol. The van der Waals surface area contributed by atoms with Gasteiger partial charge in [0.1, 0.15) is 0 Å². The Morgan fingerprint density at radius 1 is 1.35 bits per heavy atom. The molecule has 0 saturated carbocycles. The lowest BCUT2D eigenvalue weighted by atomic mass is 9.96. The first-order valence-electron chi connectivity index (χ1n) is 8.78. The van der Waals surface area contributed by atoms with Gasteiger partial charge in [0.25, 0.3) is 10.2 Å². The van der Waals surface area contributed by atoms with Gasteiger partial charge in [-0.05, 0) is 25.2 Å². The van der Waals surface area contributed by atoms with Crippen LogP contribution in [0.5, 0.6) is 0 Å². The molecule has 1 N–H and O–H groups in total. The number of hydrogen-bond donors (Lipinski definition) is 1. The van der Waals surface area contributed by atoms with E-state index in [4.69, 9.17) is 0 Å². The molecule has 0 aromatic carbocycles. The number of rotatable bonds is 9. The van der Waals surface area contributed by atoms with Crippen LogP contribution in [0.1, 0.15) is 52.4 Å². The SMILES string of the molecule is CCCC[C@@H](CC)CNC(=O)[C@@H]1CCCN(S(=O)(=O)N(C)C)C1. The molecular weight excluding hydrogens is 314 g/mol. The second-order valence-corrected chi connectivity index (χ2v) is 8.79. The highest BCUT2D eigenvalue weighted by Gasteiger charge is 2.33. The summed E-state index contributed by atoms with van der Waals surface area (Å²) in [6, 6.07) is 0. The van der Waals surface area contributed by atoms with Gasteiger partial charge in [0.05, 0.1) is 5.92 Å². The first kappa shape index (κ1) is 20.4. The van der Waals surface area contributed by atoms with Gasteiger partial charge in [-0.1, -0.05) is 33.1 Å². The van der Waals surface area contributed by atoms with Gasteiger partial charge in [-0.3, -0.25) is 4.79 Å². The third-order valence-electron chi connectivity index (χ3n) is 4.65. The molecule has 1 saturated heterocycles. The topological polar surface area (TPSA) is 69.7 Å². The van der Waals surface area contributed by atoms with Crippen LogP contribution in [0.15, 0.2) is 0 Å². The van der Waals surface area contributed by atoms with Gasteiger partial charge < -0.3 is 5.32 Å². The molecule has 2 atom stereocenters. The van der Waals surface area contributed by atoms with E-state index in [0.29, 0.717) is 19.0 Å². The van der Waals surface area contributed by atoms with E-state index in [1.165, 1.54) is 35.5 Å².